The SMILES string of the molecule is CC(C)C(C(=O)N1CCN(c2ccc(Cl)cn2)CC1)N1C(=O)c2ccccc2C1=O. The Kier molecular flexibility index (Phi) is 5.47. The van der Waals surface area contributed by atoms with Crippen molar-refractivity contribution in [1.29, 1.82) is 0 Å². The van der Waals surface area contributed by atoms with Crippen LogP contribution in [0.15, 0.2) is 42.6 Å². The molecule has 1 saturated heterocycles. The summed E-state index contributed by atoms with van der Waals surface area (Å²) in [6.45, 7) is 5.95. The van der Waals surface area contributed by atoms with Crippen LogP contribution < -0.4 is 4.90 Å². The largest absolute Gasteiger partial charge is 0.353 e. The van der Waals surface area contributed by atoms with Gasteiger partial charge in [0.2, 0.25) is 5.91 Å². The van der Waals surface area contributed by atoms with Crippen LogP contribution in [0.25, 0.3) is 0 Å². The van der Waals surface area contributed by atoms with Gasteiger partial charge in [-0.05, 0) is 30.2 Å². The van der Waals surface area contributed by atoms with Crippen LogP contribution in [-0.4, -0.2) is 64.7 Å². The molecule has 0 radical (unpaired) electrons. The number of nitrogens with zero attached hydrogens (tertiary/aromatic N) is 4. The van der Waals surface area contributed by atoms with E-state index in [4.69, 9.17) is 11.6 Å². The van der Waals surface area contributed by atoms with E-state index in [9.17, 15) is 14.4 Å². The van der Waals surface area contributed by atoms with Crippen LogP contribution in [0.3, 0.4) is 0 Å². The number of anilines is 1. The lowest BCUT2D eigenvalue weighted by molar-refractivity contribution is -0.137. The molecule has 4 rings (SSSR count). The Bertz CT molecular complexity index is 949. The smallest absolute Gasteiger partial charge is 0.262 e. The fourth-order valence-electron chi connectivity index (χ4n) is 4.05. The summed E-state index contributed by atoms with van der Waals surface area (Å²) in [6, 6.07) is 9.55. The summed E-state index contributed by atoms with van der Waals surface area (Å²) in [4.78, 5) is 48.5. The number of amides is 3. The van der Waals surface area contributed by atoms with Crippen molar-refractivity contribution in [2.75, 3.05) is 31.1 Å². The topological polar surface area (TPSA) is 73.8 Å². The molecule has 156 valence electrons. The van der Waals surface area contributed by atoms with Gasteiger partial charge in [-0.1, -0.05) is 37.6 Å². The molecule has 0 aliphatic carbocycles. The van der Waals surface area contributed by atoms with Gasteiger partial charge < -0.3 is 9.80 Å². The number of hydrogen-bond acceptors (Lipinski definition) is 5. The Morgan fingerprint density at radius 2 is 1.57 bits per heavy atom. The minimum atomic E-state index is -0.822. The first kappa shape index (κ1) is 20.3. The van der Waals surface area contributed by atoms with Crippen LogP contribution in [0.4, 0.5) is 5.82 Å². The first-order chi connectivity index (χ1) is 14.4. The molecular formula is C22H23ClN4O3. The summed E-state index contributed by atoms with van der Waals surface area (Å²) in [5, 5.41) is 0.577. The van der Waals surface area contributed by atoms with Crippen LogP contribution in [0.5, 0.6) is 0 Å². The van der Waals surface area contributed by atoms with E-state index >= 15 is 0 Å². The Morgan fingerprint density at radius 1 is 0.967 bits per heavy atom. The fourth-order valence-corrected chi connectivity index (χ4v) is 4.16. The van der Waals surface area contributed by atoms with E-state index in [-0.39, 0.29) is 11.8 Å². The second-order valence-electron chi connectivity index (χ2n) is 7.86. The van der Waals surface area contributed by atoms with Crippen LogP contribution in [0, 0.1) is 5.92 Å². The molecule has 1 fully saturated rings. The number of rotatable bonds is 4. The molecule has 30 heavy (non-hydrogen) atoms. The number of imide groups is 1. The molecule has 1 atom stereocenters. The van der Waals surface area contributed by atoms with Crippen molar-refractivity contribution in [2.45, 2.75) is 19.9 Å². The monoisotopic (exact) mass is 426 g/mol. The Morgan fingerprint density at radius 3 is 2.07 bits per heavy atom. The number of hydrogen-bond donors (Lipinski definition) is 0. The molecule has 0 saturated carbocycles. The van der Waals surface area contributed by atoms with Crippen molar-refractivity contribution in [2.24, 2.45) is 5.92 Å². The van der Waals surface area contributed by atoms with E-state index in [0.29, 0.717) is 42.3 Å². The maximum atomic E-state index is 13.4. The van der Waals surface area contributed by atoms with E-state index in [0.717, 1.165) is 10.7 Å². The van der Waals surface area contributed by atoms with Gasteiger partial charge >= 0.3 is 0 Å². The highest BCUT2D eigenvalue weighted by molar-refractivity contribution is 6.30. The van der Waals surface area contributed by atoms with Gasteiger partial charge in [0.15, 0.2) is 0 Å². The third-order valence-corrected chi connectivity index (χ3v) is 5.84. The molecule has 0 spiro atoms. The van der Waals surface area contributed by atoms with Gasteiger partial charge in [0.25, 0.3) is 11.8 Å². The van der Waals surface area contributed by atoms with Crippen molar-refractivity contribution in [3.8, 4) is 0 Å². The number of carbonyl (C=O) groups excluding carboxylic acids is 3. The minimum Gasteiger partial charge on any atom is -0.353 e. The molecule has 0 bridgehead atoms. The van der Waals surface area contributed by atoms with Gasteiger partial charge in [0.05, 0.1) is 16.1 Å². The quantitative estimate of drug-likeness (QED) is 0.703. The van der Waals surface area contributed by atoms with Gasteiger partial charge in [-0.15, -0.1) is 0 Å². The molecule has 8 heteroatoms. The molecule has 7 nitrogen and oxygen atoms in total. The summed E-state index contributed by atoms with van der Waals surface area (Å²) >= 11 is 5.91. The third-order valence-electron chi connectivity index (χ3n) is 5.62. The number of piperazine rings is 1. The number of pyridine rings is 1. The summed E-state index contributed by atoms with van der Waals surface area (Å²) in [5.41, 5.74) is 0.721. The summed E-state index contributed by atoms with van der Waals surface area (Å²) in [5.74, 6) is -0.371. The molecule has 1 unspecified atom stereocenters. The second-order valence-corrected chi connectivity index (χ2v) is 8.30. The van der Waals surface area contributed by atoms with Crippen molar-refractivity contribution in [3.63, 3.8) is 0 Å². The highest BCUT2D eigenvalue weighted by Crippen LogP contribution is 2.28. The van der Waals surface area contributed by atoms with E-state index in [1.807, 2.05) is 19.9 Å². The van der Waals surface area contributed by atoms with Crippen LogP contribution in [-0.2, 0) is 4.79 Å². The molecule has 2 aliphatic rings. The summed E-state index contributed by atoms with van der Waals surface area (Å²) in [6.07, 6.45) is 1.60. The number of aromatic nitrogens is 1. The third kappa shape index (κ3) is 3.54. The minimum absolute atomic E-state index is 0.191. The predicted molar refractivity (Wildman–Crippen MR) is 114 cm³/mol. The molecule has 1 aromatic heterocycles. The van der Waals surface area contributed by atoms with Gasteiger partial charge in [0.1, 0.15) is 11.9 Å². The van der Waals surface area contributed by atoms with Gasteiger partial charge in [-0.2, -0.15) is 0 Å². The molecular weight excluding hydrogens is 404 g/mol. The van der Waals surface area contributed by atoms with Crippen molar-refractivity contribution in [1.82, 2.24) is 14.8 Å². The van der Waals surface area contributed by atoms with Gasteiger partial charge in [0, 0.05) is 32.4 Å². The zero-order valence-corrected chi connectivity index (χ0v) is 17.7. The molecule has 3 heterocycles. The molecule has 3 amide bonds. The lowest BCUT2D eigenvalue weighted by atomic mass is 10.0. The highest BCUT2D eigenvalue weighted by atomic mass is 35.5. The Labute approximate surface area is 180 Å². The van der Waals surface area contributed by atoms with Crippen LogP contribution in [0.1, 0.15) is 34.6 Å². The van der Waals surface area contributed by atoms with E-state index < -0.39 is 17.9 Å². The van der Waals surface area contributed by atoms with Crippen LogP contribution in [0.2, 0.25) is 5.02 Å². The first-order valence-corrected chi connectivity index (χ1v) is 10.4. The normalized spacial score (nSPS) is 17.5. The standard InChI is InChI=1S/C22H23ClN4O3/c1-14(2)19(27-20(28)16-5-3-4-6-17(16)21(27)29)22(30)26-11-9-25(10-12-26)18-8-7-15(23)13-24-18/h3-8,13-14,19H,9-12H2,1-2H3. The van der Waals surface area contributed by atoms with E-state index in [2.05, 4.69) is 9.88 Å². The first-order valence-electron chi connectivity index (χ1n) is 10.0. The van der Waals surface area contributed by atoms with Gasteiger partial charge in [-0.3, -0.25) is 19.3 Å². The number of fused-ring (bicyclic) bond motifs is 1. The van der Waals surface area contributed by atoms with Crippen molar-refractivity contribution < 1.29 is 14.4 Å². The lowest BCUT2D eigenvalue weighted by Crippen LogP contribution is -2.57. The molecule has 1 aromatic carbocycles. The fraction of sp³-hybridized carbons (Fsp3) is 0.364. The van der Waals surface area contributed by atoms with E-state index in [1.165, 1.54) is 0 Å². The predicted octanol–water partition coefficient (Wildman–Crippen LogP) is 2.70. The molecule has 2 aromatic rings. The molecule has 0 N–H and O–H groups in total. The lowest BCUT2D eigenvalue weighted by Gasteiger charge is -2.39. The average molecular weight is 427 g/mol. The summed E-state index contributed by atoms with van der Waals surface area (Å²) < 4.78 is 0. The number of carbonyl (C=O) groups is 3. The van der Waals surface area contributed by atoms with Crippen molar-refractivity contribution >= 4 is 35.1 Å². The zero-order chi connectivity index (χ0) is 21.4. The number of halogens is 1. The second kappa shape index (κ2) is 8.07. The average Bonchev–Trinajstić information content (AvgIpc) is 3.00. The summed E-state index contributed by atoms with van der Waals surface area (Å²) in [7, 11) is 0. The van der Waals surface area contributed by atoms with Gasteiger partial charge in [-0.25, -0.2) is 4.98 Å². The van der Waals surface area contributed by atoms with Crippen molar-refractivity contribution in [3.05, 3.63) is 58.7 Å². The highest BCUT2D eigenvalue weighted by Gasteiger charge is 2.45. The number of benzene rings is 1. The van der Waals surface area contributed by atoms with E-state index in [1.54, 1.807) is 41.4 Å². The Balaban J connectivity index is 1.50. The maximum Gasteiger partial charge on any atom is 0.262 e. The zero-order valence-electron chi connectivity index (χ0n) is 16.9. The maximum absolute atomic E-state index is 13.4. The Hall–Kier alpha value is -2.93. The molecule has 2 aliphatic heterocycles. The van der Waals surface area contributed by atoms with Crippen LogP contribution >= 0.6 is 11.6 Å².